The Morgan fingerprint density at radius 2 is 1.76 bits per heavy atom. The standard InChI is InChI=1S/C23H27N3O6S/c1-29-18-11-15(12-19(30-2)20(18)31-3)22(28)26-23(33)25-16-7-4-6-14(10-16)21(27)24-13-17-8-5-9-32-17/h4,6-7,10-12,17H,5,8-9,13H2,1-3H3,(H,24,27)(H2,25,26,28,33). The molecule has 1 aliphatic heterocycles. The van der Waals surface area contributed by atoms with E-state index in [1.807, 2.05) is 0 Å². The molecule has 10 heteroatoms. The third-order valence-electron chi connectivity index (χ3n) is 5.05. The van der Waals surface area contributed by atoms with Crippen molar-refractivity contribution in [3.05, 3.63) is 47.5 Å². The number of amides is 2. The summed E-state index contributed by atoms with van der Waals surface area (Å²) in [5.41, 5.74) is 1.31. The molecule has 1 aliphatic rings. The summed E-state index contributed by atoms with van der Waals surface area (Å²) in [5.74, 6) is 0.413. The molecule has 2 aromatic rings. The fourth-order valence-corrected chi connectivity index (χ4v) is 3.61. The van der Waals surface area contributed by atoms with E-state index in [-0.39, 0.29) is 22.7 Å². The maximum atomic E-state index is 12.7. The quantitative estimate of drug-likeness (QED) is 0.503. The Balaban J connectivity index is 1.62. The van der Waals surface area contributed by atoms with Crippen LogP contribution in [0.1, 0.15) is 33.6 Å². The Kier molecular flexibility index (Phi) is 8.45. The molecule has 2 aromatic carbocycles. The molecule has 2 amide bonds. The lowest BCUT2D eigenvalue weighted by atomic mass is 10.1. The van der Waals surface area contributed by atoms with Crippen molar-refractivity contribution < 1.29 is 28.5 Å². The van der Waals surface area contributed by atoms with Gasteiger partial charge in [0.25, 0.3) is 11.8 Å². The second-order valence-corrected chi connectivity index (χ2v) is 7.66. The second kappa shape index (κ2) is 11.5. The molecule has 33 heavy (non-hydrogen) atoms. The van der Waals surface area contributed by atoms with Gasteiger partial charge in [-0.1, -0.05) is 6.07 Å². The number of hydrogen-bond donors (Lipinski definition) is 3. The maximum Gasteiger partial charge on any atom is 0.257 e. The summed E-state index contributed by atoms with van der Waals surface area (Å²) in [6, 6.07) is 9.88. The first-order chi connectivity index (χ1) is 15.9. The van der Waals surface area contributed by atoms with Gasteiger partial charge < -0.3 is 29.6 Å². The van der Waals surface area contributed by atoms with Gasteiger partial charge in [-0.25, -0.2) is 0 Å². The number of carbonyl (C=O) groups excluding carboxylic acids is 2. The minimum Gasteiger partial charge on any atom is -0.493 e. The van der Waals surface area contributed by atoms with Crippen molar-refractivity contribution in [2.75, 3.05) is 39.8 Å². The fraction of sp³-hybridized carbons (Fsp3) is 0.348. The van der Waals surface area contributed by atoms with E-state index in [4.69, 9.17) is 31.2 Å². The van der Waals surface area contributed by atoms with Crippen LogP contribution in [0, 0.1) is 0 Å². The highest BCUT2D eigenvalue weighted by molar-refractivity contribution is 7.80. The van der Waals surface area contributed by atoms with Gasteiger partial charge in [0.1, 0.15) is 0 Å². The van der Waals surface area contributed by atoms with Gasteiger partial charge in [-0.3, -0.25) is 14.9 Å². The van der Waals surface area contributed by atoms with Crippen molar-refractivity contribution in [3.63, 3.8) is 0 Å². The Labute approximate surface area is 197 Å². The zero-order valence-corrected chi connectivity index (χ0v) is 19.5. The van der Waals surface area contributed by atoms with Crippen LogP contribution in [-0.4, -0.2) is 57.5 Å². The number of carbonyl (C=O) groups is 2. The summed E-state index contributed by atoms with van der Waals surface area (Å²) in [6.45, 7) is 1.21. The van der Waals surface area contributed by atoms with E-state index < -0.39 is 5.91 Å². The average molecular weight is 474 g/mol. The van der Waals surface area contributed by atoms with E-state index in [0.717, 1.165) is 19.4 Å². The number of thiocarbonyl (C=S) groups is 1. The number of nitrogens with one attached hydrogen (secondary N) is 3. The van der Waals surface area contributed by atoms with Gasteiger partial charge in [-0.2, -0.15) is 0 Å². The van der Waals surface area contributed by atoms with Gasteiger partial charge in [-0.05, 0) is 55.4 Å². The van der Waals surface area contributed by atoms with Crippen molar-refractivity contribution in [1.29, 1.82) is 0 Å². The van der Waals surface area contributed by atoms with Gasteiger partial charge in [0.2, 0.25) is 5.75 Å². The van der Waals surface area contributed by atoms with Crippen molar-refractivity contribution in [3.8, 4) is 17.2 Å². The predicted molar refractivity (Wildman–Crippen MR) is 128 cm³/mol. The largest absolute Gasteiger partial charge is 0.493 e. The number of anilines is 1. The van der Waals surface area contributed by atoms with Crippen LogP contribution < -0.4 is 30.2 Å². The summed E-state index contributed by atoms with van der Waals surface area (Å²) < 4.78 is 21.4. The number of benzene rings is 2. The monoisotopic (exact) mass is 473 g/mol. The average Bonchev–Trinajstić information content (AvgIpc) is 3.35. The highest BCUT2D eigenvalue weighted by Crippen LogP contribution is 2.38. The summed E-state index contributed by atoms with van der Waals surface area (Å²) in [4.78, 5) is 25.1. The van der Waals surface area contributed by atoms with Crippen molar-refractivity contribution in [1.82, 2.24) is 10.6 Å². The molecule has 0 saturated carbocycles. The molecule has 0 bridgehead atoms. The SMILES string of the molecule is COc1cc(C(=O)NC(=S)Nc2cccc(C(=O)NCC3CCCO3)c2)cc(OC)c1OC. The van der Waals surface area contributed by atoms with Gasteiger partial charge in [0.15, 0.2) is 16.6 Å². The molecule has 0 spiro atoms. The molecular weight excluding hydrogens is 446 g/mol. The van der Waals surface area contributed by atoms with Gasteiger partial charge >= 0.3 is 0 Å². The molecule has 9 nitrogen and oxygen atoms in total. The molecule has 0 aromatic heterocycles. The topological polar surface area (TPSA) is 107 Å². The van der Waals surface area contributed by atoms with Gasteiger partial charge in [0.05, 0.1) is 27.4 Å². The summed E-state index contributed by atoms with van der Waals surface area (Å²) >= 11 is 5.27. The van der Waals surface area contributed by atoms with Gasteiger partial charge in [0, 0.05) is 30.0 Å². The molecule has 0 radical (unpaired) electrons. The van der Waals surface area contributed by atoms with Crippen LogP contribution in [-0.2, 0) is 4.74 Å². The van der Waals surface area contributed by atoms with Crippen LogP contribution in [0.25, 0.3) is 0 Å². The van der Waals surface area contributed by atoms with E-state index in [0.29, 0.717) is 35.0 Å². The number of hydrogen-bond acceptors (Lipinski definition) is 7. The number of rotatable bonds is 8. The summed E-state index contributed by atoms with van der Waals surface area (Å²) in [5, 5.41) is 8.48. The minimum atomic E-state index is -0.461. The maximum absolute atomic E-state index is 12.7. The Morgan fingerprint density at radius 1 is 1.03 bits per heavy atom. The van der Waals surface area contributed by atoms with E-state index in [9.17, 15) is 9.59 Å². The molecule has 3 rings (SSSR count). The van der Waals surface area contributed by atoms with Crippen LogP contribution in [0.2, 0.25) is 0 Å². The first-order valence-corrected chi connectivity index (χ1v) is 10.8. The molecule has 1 atom stereocenters. The highest BCUT2D eigenvalue weighted by Gasteiger charge is 2.19. The van der Waals surface area contributed by atoms with E-state index in [2.05, 4.69) is 16.0 Å². The third kappa shape index (κ3) is 6.33. The fourth-order valence-electron chi connectivity index (χ4n) is 3.40. The van der Waals surface area contributed by atoms with E-state index in [1.54, 1.807) is 24.3 Å². The van der Waals surface area contributed by atoms with Crippen molar-refractivity contribution in [2.45, 2.75) is 18.9 Å². The Bertz CT molecular complexity index is 998. The zero-order chi connectivity index (χ0) is 23.8. The molecule has 1 saturated heterocycles. The number of ether oxygens (including phenoxy) is 4. The molecular formula is C23H27N3O6S. The molecule has 1 fully saturated rings. The molecule has 176 valence electrons. The first-order valence-electron chi connectivity index (χ1n) is 10.4. The van der Waals surface area contributed by atoms with Crippen molar-refractivity contribution in [2.24, 2.45) is 0 Å². The third-order valence-corrected chi connectivity index (χ3v) is 5.26. The van der Waals surface area contributed by atoms with Crippen LogP contribution >= 0.6 is 12.2 Å². The lowest BCUT2D eigenvalue weighted by Crippen LogP contribution is -2.34. The Morgan fingerprint density at radius 3 is 2.36 bits per heavy atom. The van der Waals surface area contributed by atoms with E-state index in [1.165, 1.54) is 33.5 Å². The highest BCUT2D eigenvalue weighted by atomic mass is 32.1. The van der Waals surface area contributed by atoms with Crippen LogP contribution in [0.3, 0.4) is 0 Å². The molecule has 1 heterocycles. The molecule has 3 N–H and O–H groups in total. The lowest BCUT2D eigenvalue weighted by molar-refractivity contribution is 0.0857. The smallest absolute Gasteiger partial charge is 0.257 e. The zero-order valence-electron chi connectivity index (χ0n) is 18.7. The van der Waals surface area contributed by atoms with Gasteiger partial charge in [-0.15, -0.1) is 0 Å². The summed E-state index contributed by atoms with van der Waals surface area (Å²) in [7, 11) is 4.42. The first kappa shape index (κ1) is 24.3. The number of methoxy groups -OCH3 is 3. The second-order valence-electron chi connectivity index (χ2n) is 7.25. The van der Waals surface area contributed by atoms with Crippen molar-refractivity contribution >= 4 is 34.8 Å². The molecule has 1 unspecified atom stereocenters. The van der Waals surface area contributed by atoms with Crippen LogP contribution in [0.5, 0.6) is 17.2 Å². The Hall–Kier alpha value is -3.37. The lowest BCUT2D eigenvalue weighted by Gasteiger charge is -2.15. The van der Waals surface area contributed by atoms with Crippen LogP contribution in [0.15, 0.2) is 36.4 Å². The normalized spacial score (nSPS) is 14.8. The minimum absolute atomic E-state index is 0.0632. The van der Waals surface area contributed by atoms with Crippen LogP contribution in [0.4, 0.5) is 5.69 Å². The predicted octanol–water partition coefficient (Wildman–Crippen LogP) is 2.75. The molecule has 0 aliphatic carbocycles. The summed E-state index contributed by atoms with van der Waals surface area (Å²) in [6.07, 6.45) is 2.02. The van der Waals surface area contributed by atoms with E-state index >= 15 is 0 Å².